The normalized spacial score (nSPS) is 16.2. The summed E-state index contributed by atoms with van der Waals surface area (Å²) < 4.78 is 5.26. The number of methoxy groups -OCH3 is 1. The van der Waals surface area contributed by atoms with Crippen LogP contribution < -0.4 is 5.32 Å². The summed E-state index contributed by atoms with van der Waals surface area (Å²) in [5.74, 6) is -0.942. The van der Waals surface area contributed by atoms with Gasteiger partial charge in [0.05, 0.1) is 24.0 Å². The number of nitrogens with zero attached hydrogens (tertiary/aromatic N) is 1. The van der Waals surface area contributed by atoms with Crippen molar-refractivity contribution < 1.29 is 19.2 Å². The van der Waals surface area contributed by atoms with Crippen LogP contribution >= 0.6 is 15.9 Å². The number of benzene rings is 1. The fourth-order valence-corrected chi connectivity index (χ4v) is 3.43. The molecule has 1 fully saturated rings. The molecule has 0 bridgehead atoms. The number of nitrogens with one attached hydrogen (secondary N) is 1. The smallest absolute Gasteiger partial charge is 0.307 e. The Hall–Kier alpha value is -1.96. The predicted molar refractivity (Wildman–Crippen MR) is 90.7 cm³/mol. The van der Waals surface area contributed by atoms with E-state index in [9.17, 15) is 19.7 Å². The molecular formula is C16H19BrN2O5. The van der Waals surface area contributed by atoms with Crippen LogP contribution in [0.2, 0.25) is 0 Å². The summed E-state index contributed by atoms with van der Waals surface area (Å²) in [4.78, 5) is 35.0. The lowest BCUT2D eigenvalue weighted by atomic mass is 9.79. The average molecular weight is 399 g/mol. The first-order valence-electron chi connectivity index (χ1n) is 7.70. The number of hydrogen-bond acceptors (Lipinski definition) is 5. The molecule has 0 unspecified atom stereocenters. The summed E-state index contributed by atoms with van der Waals surface area (Å²) in [5, 5.41) is 14.1. The predicted octanol–water partition coefficient (Wildman–Crippen LogP) is 3.35. The van der Waals surface area contributed by atoms with Crippen LogP contribution in [0.3, 0.4) is 0 Å². The molecule has 1 N–H and O–H groups in total. The summed E-state index contributed by atoms with van der Waals surface area (Å²) in [6.45, 7) is 0. The zero-order valence-electron chi connectivity index (χ0n) is 13.3. The van der Waals surface area contributed by atoms with Crippen LogP contribution in [-0.2, 0) is 9.53 Å². The molecule has 1 aromatic carbocycles. The number of carbonyl (C=O) groups excluding carboxylic acids is 2. The Balaban J connectivity index is 2.28. The van der Waals surface area contributed by atoms with Gasteiger partial charge in [0.1, 0.15) is 5.56 Å². The van der Waals surface area contributed by atoms with Crippen molar-refractivity contribution in [3.05, 3.63) is 38.3 Å². The number of hydrogen-bond donors (Lipinski definition) is 1. The maximum Gasteiger partial charge on any atom is 0.307 e. The highest BCUT2D eigenvalue weighted by Gasteiger charge is 2.37. The molecule has 7 nitrogen and oxygen atoms in total. The van der Waals surface area contributed by atoms with Crippen molar-refractivity contribution in [3.63, 3.8) is 0 Å². The summed E-state index contributed by atoms with van der Waals surface area (Å²) in [6.07, 6.45) is 4.19. The molecule has 0 aromatic heterocycles. The second-order valence-corrected chi connectivity index (χ2v) is 6.88. The Morgan fingerprint density at radius 1 is 1.33 bits per heavy atom. The van der Waals surface area contributed by atoms with E-state index < -0.39 is 22.3 Å². The molecule has 0 saturated heterocycles. The fraction of sp³-hybridized carbons (Fsp3) is 0.500. The second-order valence-electron chi connectivity index (χ2n) is 5.97. The average Bonchev–Trinajstić information content (AvgIpc) is 2.55. The lowest BCUT2D eigenvalue weighted by Crippen LogP contribution is -2.51. The van der Waals surface area contributed by atoms with Gasteiger partial charge in [-0.3, -0.25) is 19.7 Å². The van der Waals surface area contributed by atoms with Crippen LogP contribution in [-0.4, -0.2) is 29.4 Å². The van der Waals surface area contributed by atoms with Gasteiger partial charge in [0.15, 0.2) is 0 Å². The van der Waals surface area contributed by atoms with Crippen molar-refractivity contribution >= 4 is 33.5 Å². The van der Waals surface area contributed by atoms with E-state index in [0.29, 0.717) is 17.3 Å². The lowest BCUT2D eigenvalue weighted by molar-refractivity contribution is -0.385. The number of carbonyl (C=O) groups is 2. The largest absolute Gasteiger partial charge is 0.469 e. The molecule has 0 spiro atoms. The van der Waals surface area contributed by atoms with Gasteiger partial charge in [0, 0.05) is 10.5 Å². The van der Waals surface area contributed by atoms with Gasteiger partial charge in [-0.2, -0.15) is 0 Å². The van der Waals surface area contributed by atoms with E-state index in [-0.39, 0.29) is 17.7 Å². The Bertz CT molecular complexity index is 656. The quantitative estimate of drug-likeness (QED) is 0.465. The molecule has 2 rings (SSSR count). The summed E-state index contributed by atoms with van der Waals surface area (Å²) in [5.41, 5.74) is -0.993. The number of nitro groups is 1. The summed E-state index contributed by atoms with van der Waals surface area (Å²) >= 11 is 3.17. The molecule has 1 amide bonds. The maximum atomic E-state index is 12.6. The van der Waals surface area contributed by atoms with Crippen molar-refractivity contribution in [2.75, 3.05) is 7.11 Å². The molecular weight excluding hydrogens is 380 g/mol. The van der Waals surface area contributed by atoms with Gasteiger partial charge in [-0.05, 0) is 25.0 Å². The Morgan fingerprint density at radius 3 is 2.58 bits per heavy atom. The number of halogens is 1. The van der Waals surface area contributed by atoms with E-state index in [1.165, 1.54) is 19.2 Å². The van der Waals surface area contributed by atoms with E-state index in [1.807, 2.05) is 0 Å². The highest BCUT2D eigenvalue weighted by Crippen LogP contribution is 2.32. The lowest BCUT2D eigenvalue weighted by Gasteiger charge is -2.37. The number of nitro benzene ring substituents is 1. The van der Waals surface area contributed by atoms with Gasteiger partial charge in [0.25, 0.3) is 11.6 Å². The van der Waals surface area contributed by atoms with Crippen LogP contribution in [0.1, 0.15) is 48.9 Å². The molecule has 0 aliphatic heterocycles. The van der Waals surface area contributed by atoms with Gasteiger partial charge in [-0.25, -0.2) is 0 Å². The highest BCUT2D eigenvalue weighted by atomic mass is 79.9. The zero-order chi connectivity index (χ0) is 17.7. The topological polar surface area (TPSA) is 98.5 Å². The molecule has 0 atom stereocenters. The molecule has 0 heterocycles. The first-order chi connectivity index (χ1) is 11.4. The Morgan fingerprint density at radius 2 is 2.00 bits per heavy atom. The molecule has 1 saturated carbocycles. The highest BCUT2D eigenvalue weighted by molar-refractivity contribution is 9.10. The van der Waals surface area contributed by atoms with Gasteiger partial charge in [0.2, 0.25) is 0 Å². The maximum absolute atomic E-state index is 12.6. The van der Waals surface area contributed by atoms with Gasteiger partial charge in [-0.1, -0.05) is 35.2 Å². The molecule has 1 aromatic rings. The van der Waals surface area contributed by atoms with Crippen molar-refractivity contribution in [1.82, 2.24) is 5.32 Å². The Kier molecular flexibility index (Phi) is 5.93. The minimum Gasteiger partial charge on any atom is -0.469 e. The van der Waals surface area contributed by atoms with E-state index in [2.05, 4.69) is 21.2 Å². The van der Waals surface area contributed by atoms with E-state index in [1.54, 1.807) is 6.07 Å². The number of esters is 1. The SMILES string of the molecule is COC(=O)CC1(NC(=O)c2ccc(Br)cc2[N+](=O)[O-])CCCCC1. The number of amides is 1. The van der Waals surface area contributed by atoms with Gasteiger partial charge < -0.3 is 10.1 Å². The van der Waals surface area contributed by atoms with E-state index in [4.69, 9.17) is 4.74 Å². The van der Waals surface area contributed by atoms with Crippen LogP contribution in [0.25, 0.3) is 0 Å². The van der Waals surface area contributed by atoms with Crippen molar-refractivity contribution in [1.29, 1.82) is 0 Å². The third kappa shape index (κ3) is 4.31. The molecule has 8 heteroatoms. The fourth-order valence-electron chi connectivity index (χ4n) is 3.08. The number of rotatable bonds is 5. The molecule has 1 aliphatic rings. The summed E-state index contributed by atoms with van der Waals surface area (Å²) in [7, 11) is 1.31. The van der Waals surface area contributed by atoms with Crippen LogP contribution in [0.5, 0.6) is 0 Å². The number of ether oxygens (including phenoxy) is 1. The molecule has 0 radical (unpaired) electrons. The monoisotopic (exact) mass is 398 g/mol. The standard InChI is InChI=1S/C16H19BrN2O5/c1-24-14(20)10-16(7-3-2-4-8-16)18-15(21)12-6-5-11(17)9-13(12)19(22)23/h5-6,9H,2-4,7-8,10H2,1H3,(H,18,21). The third-order valence-electron chi connectivity index (χ3n) is 4.30. The molecule has 24 heavy (non-hydrogen) atoms. The first-order valence-corrected chi connectivity index (χ1v) is 8.49. The minimum atomic E-state index is -0.705. The molecule has 130 valence electrons. The van der Waals surface area contributed by atoms with Crippen molar-refractivity contribution in [2.24, 2.45) is 0 Å². The molecule has 1 aliphatic carbocycles. The van der Waals surface area contributed by atoms with Crippen molar-refractivity contribution in [2.45, 2.75) is 44.1 Å². The third-order valence-corrected chi connectivity index (χ3v) is 4.79. The second kappa shape index (κ2) is 7.74. The van der Waals surface area contributed by atoms with E-state index in [0.717, 1.165) is 19.3 Å². The van der Waals surface area contributed by atoms with E-state index >= 15 is 0 Å². The van der Waals surface area contributed by atoms with Gasteiger partial charge in [-0.15, -0.1) is 0 Å². The van der Waals surface area contributed by atoms with Crippen molar-refractivity contribution in [3.8, 4) is 0 Å². The van der Waals surface area contributed by atoms with Crippen LogP contribution in [0, 0.1) is 10.1 Å². The zero-order valence-corrected chi connectivity index (χ0v) is 14.9. The van der Waals surface area contributed by atoms with Gasteiger partial charge >= 0.3 is 5.97 Å². The summed E-state index contributed by atoms with van der Waals surface area (Å²) in [6, 6.07) is 4.28. The van der Waals surface area contributed by atoms with Crippen LogP contribution in [0.4, 0.5) is 5.69 Å². The minimum absolute atomic E-state index is 0.0157. The Labute approximate surface area is 148 Å². The first kappa shape index (κ1) is 18.4. The van der Waals surface area contributed by atoms with Crippen LogP contribution in [0.15, 0.2) is 22.7 Å².